The van der Waals surface area contributed by atoms with Crippen molar-refractivity contribution in [1.82, 2.24) is 0 Å². The molecule has 1 N–H and O–H groups in total. The second-order valence-corrected chi connectivity index (χ2v) is 4.45. The molecule has 0 saturated heterocycles. The van der Waals surface area contributed by atoms with Gasteiger partial charge in [-0.25, -0.2) is 4.79 Å². The van der Waals surface area contributed by atoms with Gasteiger partial charge >= 0.3 is 5.97 Å². The first-order chi connectivity index (χ1) is 9.33. The second kappa shape index (κ2) is 6.90. The molecular weight excluding hydrogens is 240 g/mol. The van der Waals surface area contributed by atoms with Gasteiger partial charge in [0.2, 0.25) is 0 Å². The number of unbranched alkanes of at least 4 members (excludes halogenated alkanes) is 2. The molecule has 0 amide bonds. The Morgan fingerprint density at radius 1 is 1.00 bits per heavy atom. The Labute approximate surface area is 112 Å². The number of aliphatic hydroxyl groups is 1. The molecule has 0 spiro atoms. The number of ether oxygens (including phenoxy) is 1. The minimum Gasteiger partial charge on any atom is -0.462 e. The maximum Gasteiger partial charge on any atom is 0.338 e. The van der Waals surface area contributed by atoms with E-state index in [1.165, 1.54) is 0 Å². The van der Waals surface area contributed by atoms with Crippen LogP contribution in [0.25, 0.3) is 10.8 Å². The summed E-state index contributed by atoms with van der Waals surface area (Å²) in [5.74, 6) is -0.277. The Balaban J connectivity index is 2.01. The highest BCUT2D eigenvalue weighted by Gasteiger charge is 2.10. The molecule has 3 heteroatoms. The lowest BCUT2D eigenvalue weighted by atomic mass is 10.1. The SMILES string of the molecule is O=C(OCCCCCO)c1cccc2ccccc12. The third-order valence-corrected chi connectivity index (χ3v) is 3.05. The lowest BCUT2D eigenvalue weighted by molar-refractivity contribution is 0.0499. The Morgan fingerprint density at radius 3 is 2.63 bits per heavy atom. The molecule has 0 heterocycles. The van der Waals surface area contributed by atoms with Crippen LogP contribution in [0.3, 0.4) is 0 Å². The monoisotopic (exact) mass is 258 g/mol. The van der Waals surface area contributed by atoms with Crippen molar-refractivity contribution in [2.45, 2.75) is 19.3 Å². The van der Waals surface area contributed by atoms with Crippen molar-refractivity contribution < 1.29 is 14.6 Å². The maximum absolute atomic E-state index is 12.0. The minimum absolute atomic E-state index is 0.192. The highest BCUT2D eigenvalue weighted by molar-refractivity contribution is 6.04. The largest absolute Gasteiger partial charge is 0.462 e. The molecular formula is C16H18O3. The Kier molecular flexibility index (Phi) is 4.93. The summed E-state index contributed by atoms with van der Waals surface area (Å²) < 4.78 is 5.26. The van der Waals surface area contributed by atoms with Crippen LogP contribution in [0.1, 0.15) is 29.6 Å². The van der Waals surface area contributed by atoms with Gasteiger partial charge in [0.25, 0.3) is 0 Å². The van der Waals surface area contributed by atoms with Crippen molar-refractivity contribution in [1.29, 1.82) is 0 Å². The fraction of sp³-hybridized carbons (Fsp3) is 0.312. The molecule has 0 saturated carbocycles. The van der Waals surface area contributed by atoms with Gasteiger partial charge in [-0.15, -0.1) is 0 Å². The van der Waals surface area contributed by atoms with Crippen molar-refractivity contribution in [3.8, 4) is 0 Å². The van der Waals surface area contributed by atoms with Crippen LogP contribution in [0.2, 0.25) is 0 Å². The molecule has 0 radical (unpaired) electrons. The van der Waals surface area contributed by atoms with Crippen molar-refractivity contribution >= 4 is 16.7 Å². The highest BCUT2D eigenvalue weighted by atomic mass is 16.5. The van der Waals surface area contributed by atoms with Gasteiger partial charge in [-0.2, -0.15) is 0 Å². The standard InChI is InChI=1S/C16H18O3/c17-11-4-1-5-12-19-16(18)15-10-6-8-13-7-2-3-9-14(13)15/h2-3,6-10,17H,1,4-5,11-12H2. The number of carbonyl (C=O) groups is 1. The summed E-state index contributed by atoms with van der Waals surface area (Å²) in [6.45, 7) is 0.597. The lowest BCUT2D eigenvalue weighted by Crippen LogP contribution is -2.07. The van der Waals surface area contributed by atoms with Crippen LogP contribution in [0.15, 0.2) is 42.5 Å². The van der Waals surface area contributed by atoms with Gasteiger partial charge in [0, 0.05) is 6.61 Å². The third-order valence-electron chi connectivity index (χ3n) is 3.05. The fourth-order valence-electron chi connectivity index (χ4n) is 2.04. The molecule has 0 aliphatic carbocycles. The summed E-state index contributed by atoms with van der Waals surface area (Å²) in [5.41, 5.74) is 0.611. The van der Waals surface area contributed by atoms with Gasteiger partial charge in [0.1, 0.15) is 0 Å². The number of hydrogen-bond donors (Lipinski definition) is 1. The summed E-state index contributed by atoms with van der Waals surface area (Å²) in [4.78, 5) is 12.0. The smallest absolute Gasteiger partial charge is 0.338 e. The first-order valence-corrected chi connectivity index (χ1v) is 6.58. The van der Waals surface area contributed by atoms with E-state index in [4.69, 9.17) is 9.84 Å². The average Bonchev–Trinajstić information content (AvgIpc) is 2.46. The molecule has 3 nitrogen and oxygen atoms in total. The number of carbonyl (C=O) groups excluding carboxylic acids is 1. The first-order valence-electron chi connectivity index (χ1n) is 6.58. The summed E-state index contributed by atoms with van der Waals surface area (Å²) in [6.07, 6.45) is 2.42. The molecule has 100 valence electrons. The molecule has 0 unspecified atom stereocenters. The van der Waals surface area contributed by atoms with Crippen LogP contribution in [-0.4, -0.2) is 24.3 Å². The van der Waals surface area contributed by atoms with Gasteiger partial charge in [0.15, 0.2) is 0 Å². The summed E-state index contributed by atoms with van der Waals surface area (Å²) in [7, 11) is 0. The molecule has 0 fully saturated rings. The Bertz CT molecular complexity index is 543. The van der Waals surface area contributed by atoms with Gasteiger partial charge in [-0.3, -0.25) is 0 Å². The topological polar surface area (TPSA) is 46.5 Å². The van der Waals surface area contributed by atoms with Crippen LogP contribution < -0.4 is 0 Å². The van der Waals surface area contributed by atoms with Gasteiger partial charge in [-0.05, 0) is 36.1 Å². The molecule has 2 aromatic carbocycles. The van der Waals surface area contributed by atoms with Crippen LogP contribution in [0.5, 0.6) is 0 Å². The Morgan fingerprint density at radius 2 is 1.79 bits per heavy atom. The van der Waals surface area contributed by atoms with Gasteiger partial charge < -0.3 is 9.84 Å². The van der Waals surface area contributed by atoms with E-state index in [0.29, 0.717) is 12.2 Å². The molecule has 0 aromatic heterocycles. The van der Waals surface area contributed by atoms with E-state index in [1.807, 2.05) is 36.4 Å². The van der Waals surface area contributed by atoms with Crippen molar-refractivity contribution in [2.75, 3.05) is 13.2 Å². The molecule has 0 atom stereocenters. The minimum atomic E-state index is -0.277. The molecule has 0 aliphatic rings. The zero-order valence-electron chi connectivity index (χ0n) is 10.8. The van der Waals surface area contributed by atoms with Crippen molar-refractivity contribution in [3.63, 3.8) is 0 Å². The normalized spacial score (nSPS) is 10.6. The quantitative estimate of drug-likeness (QED) is 0.639. The molecule has 19 heavy (non-hydrogen) atoms. The Hall–Kier alpha value is -1.87. The van der Waals surface area contributed by atoms with Crippen molar-refractivity contribution in [3.05, 3.63) is 48.0 Å². The fourth-order valence-corrected chi connectivity index (χ4v) is 2.04. The lowest BCUT2D eigenvalue weighted by Gasteiger charge is -2.07. The van der Waals surface area contributed by atoms with E-state index in [9.17, 15) is 4.79 Å². The van der Waals surface area contributed by atoms with Crippen LogP contribution in [-0.2, 0) is 4.74 Å². The summed E-state index contributed by atoms with van der Waals surface area (Å²) in [5, 5.41) is 10.6. The molecule has 2 rings (SSSR count). The van der Waals surface area contributed by atoms with Gasteiger partial charge in [0.05, 0.1) is 12.2 Å². The molecule has 0 bridgehead atoms. The van der Waals surface area contributed by atoms with E-state index in [1.54, 1.807) is 6.07 Å². The zero-order valence-corrected chi connectivity index (χ0v) is 10.8. The van der Waals surface area contributed by atoms with Crippen molar-refractivity contribution in [2.24, 2.45) is 0 Å². The highest BCUT2D eigenvalue weighted by Crippen LogP contribution is 2.19. The number of rotatable bonds is 6. The number of aliphatic hydroxyl groups excluding tert-OH is 1. The number of hydrogen-bond acceptors (Lipinski definition) is 3. The average molecular weight is 258 g/mol. The third kappa shape index (κ3) is 3.55. The van der Waals surface area contributed by atoms with E-state index in [0.717, 1.165) is 30.0 Å². The van der Waals surface area contributed by atoms with Crippen LogP contribution in [0, 0.1) is 0 Å². The summed E-state index contributed by atoms with van der Waals surface area (Å²) >= 11 is 0. The maximum atomic E-state index is 12.0. The predicted molar refractivity (Wildman–Crippen MR) is 75.2 cm³/mol. The van der Waals surface area contributed by atoms with E-state index < -0.39 is 0 Å². The van der Waals surface area contributed by atoms with E-state index in [2.05, 4.69) is 0 Å². The second-order valence-electron chi connectivity index (χ2n) is 4.45. The molecule has 0 aliphatic heterocycles. The van der Waals surface area contributed by atoms with Crippen LogP contribution >= 0.6 is 0 Å². The number of esters is 1. The number of fused-ring (bicyclic) bond motifs is 1. The predicted octanol–water partition coefficient (Wildman–Crippen LogP) is 3.16. The van der Waals surface area contributed by atoms with E-state index in [-0.39, 0.29) is 12.6 Å². The van der Waals surface area contributed by atoms with E-state index >= 15 is 0 Å². The number of benzene rings is 2. The van der Waals surface area contributed by atoms with Gasteiger partial charge in [-0.1, -0.05) is 36.4 Å². The van der Waals surface area contributed by atoms with Crippen LogP contribution in [0.4, 0.5) is 0 Å². The first kappa shape index (κ1) is 13.6. The zero-order chi connectivity index (χ0) is 13.5. The molecule has 2 aromatic rings. The summed E-state index contributed by atoms with van der Waals surface area (Å²) in [6, 6.07) is 13.4.